The van der Waals surface area contributed by atoms with Crippen molar-refractivity contribution in [1.82, 2.24) is 10.2 Å². The van der Waals surface area contributed by atoms with Gasteiger partial charge >= 0.3 is 0 Å². The summed E-state index contributed by atoms with van der Waals surface area (Å²) >= 11 is 0. The highest BCUT2D eigenvalue weighted by Gasteiger charge is 2.41. The number of rotatable bonds is 5. The summed E-state index contributed by atoms with van der Waals surface area (Å²) in [6.45, 7) is 5.29. The van der Waals surface area contributed by atoms with Crippen LogP contribution in [0.2, 0.25) is 0 Å². The maximum atomic E-state index is 11.9. The Labute approximate surface area is 189 Å². The number of phenolic OH excluding ortho intramolecular Hbond substituents is 1. The molecule has 170 valence electrons. The zero-order chi connectivity index (χ0) is 22.7. The molecule has 1 fully saturated rings. The van der Waals surface area contributed by atoms with Crippen molar-refractivity contribution in [2.24, 2.45) is 4.99 Å². The minimum Gasteiger partial charge on any atom is -0.504 e. The molecular formula is C25H31N3O4. The molecule has 2 aliphatic heterocycles. The van der Waals surface area contributed by atoms with E-state index < -0.39 is 5.66 Å². The normalized spacial score (nSPS) is 20.0. The molecule has 1 unspecified atom stereocenters. The SMILES string of the molecule is CCOc1cccc(C2CC(c3cccc(OC)c3)=NC3(CCN(C(C)=O)CC3)N2)c1O. The number of aromatic hydroxyl groups is 1. The van der Waals surface area contributed by atoms with Gasteiger partial charge in [0.05, 0.1) is 13.7 Å². The van der Waals surface area contributed by atoms with Crippen molar-refractivity contribution < 1.29 is 19.4 Å². The maximum Gasteiger partial charge on any atom is 0.219 e. The monoisotopic (exact) mass is 437 g/mol. The highest BCUT2D eigenvalue weighted by Crippen LogP contribution is 2.40. The third kappa shape index (κ3) is 4.43. The summed E-state index contributed by atoms with van der Waals surface area (Å²) in [4.78, 5) is 18.9. The van der Waals surface area contributed by atoms with Gasteiger partial charge < -0.3 is 19.5 Å². The van der Waals surface area contributed by atoms with Crippen LogP contribution in [0.1, 0.15) is 50.3 Å². The fraction of sp³-hybridized carbons (Fsp3) is 0.440. The Morgan fingerprint density at radius 3 is 2.69 bits per heavy atom. The summed E-state index contributed by atoms with van der Waals surface area (Å²) in [7, 11) is 1.66. The Hall–Kier alpha value is -3.06. The Balaban J connectivity index is 1.72. The topological polar surface area (TPSA) is 83.4 Å². The van der Waals surface area contributed by atoms with Crippen molar-refractivity contribution >= 4 is 11.6 Å². The summed E-state index contributed by atoms with van der Waals surface area (Å²) in [5.74, 6) is 1.51. The average molecular weight is 438 g/mol. The molecule has 32 heavy (non-hydrogen) atoms. The highest BCUT2D eigenvalue weighted by molar-refractivity contribution is 6.02. The molecule has 2 heterocycles. The lowest BCUT2D eigenvalue weighted by Gasteiger charge is -2.45. The van der Waals surface area contributed by atoms with Gasteiger partial charge in [0.15, 0.2) is 11.5 Å². The van der Waals surface area contributed by atoms with Crippen LogP contribution in [-0.2, 0) is 4.79 Å². The maximum absolute atomic E-state index is 11.9. The van der Waals surface area contributed by atoms with Crippen LogP contribution in [0.4, 0.5) is 0 Å². The molecule has 2 aromatic rings. The van der Waals surface area contributed by atoms with Crippen LogP contribution in [0.15, 0.2) is 47.5 Å². The highest BCUT2D eigenvalue weighted by atomic mass is 16.5. The number of carbonyl (C=O) groups excluding carboxylic acids is 1. The zero-order valence-electron chi connectivity index (χ0n) is 18.9. The van der Waals surface area contributed by atoms with Gasteiger partial charge in [-0.25, -0.2) is 0 Å². The molecular weight excluding hydrogens is 406 g/mol. The van der Waals surface area contributed by atoms with Crippen molar-refractivity contribution in [2.45, 2.75) is 44.8 Å². The van der Waals surface area contributed by atoms with Crippen LogP contribution in [0, 0.1) is 0 Å². The molecule has 4 rings (SSSR count). The van der Waals surface area contributed by atoms with E-state index in [1.165, 1.54) is 0 Å². The van der Waals surface area contributed by atoms with Crippen molar-refractivity contribution in [3.8, 4) is 17.2 Å². The number of nitrogens with one attached hydrogen (secondary N) is 1. The van der Waals surface area contributed by atoms with Crippen LogP contribution < -0.4 is 14.8 Å². The van der Waals surface area contributed by atoms with Crippen LogP contribution in [0.5, 0.6) is 17.2 Å². The predicted molar refractivity (Wildman–Crippen MR) is 124 cm³/mol. The number of aliphatic imine (C=N–C) groups is 1. The fourth-order valence-electron chi connectivity index (χ4n) is 4.62. The predicted octanol–water partition coefficient (Wildman–Crippen LogP) is 3.66. The van der Waals surface area contributed by atoms with Crippen LogP contribution in [0.3, 0.4) is 0 Å². The zero-order valence-corrected chi connectivity index (χ0v) is 18.9. The lowest BCUT2D eigenvalue weighted by Crippen LogP contribution is -2.56. The minimum atomic E-state index is -0.499. The summed E-state index contributed by atoms with van der Waals surface area (Å²) in [6.07, 6.45) is 2.04. The Morgan fingerprint density at radius 1 is 1.25 bits per heavy atom. The number of ether oxygens (including phenoxy) is 2. The number of para-hydroxylation sites is 1. The van der Waals surface area contributed by atoms with Gasteiger partial charge in [0.25, 0.3) is 0 Å². The molecule has 0 aliphatic carbocycles. The number of benzene rings is 2. The molecule has 7 heteroatoms. The summed E-state index contributed by atoms with van der Waals surface area (Å²) in [5, 5.41) is 14.6. The largest absolute Gasteiger partial charge is 0.504 e. The molecule has 1 amide bonds. The van der Waals surface area contributed by atoms with Gasteiger partial charge in [-0.15, -0.1) is 0 Å². The van der Waals surface area contributed by atoms with Crippen LogP contribution in [-0.4, -0.2) is 54.1 Å². The number of phenols is 1. The minimum absolute atomic E-state index is 0.0891. The van der Waals surface area contributed by atoms with Gasteiger partial charge in [0.1, 0.15) is 11.4 Å². The Morgan fingerprint density at radius 2 is 2.00 bits per heavy atom. The standard InChI is InChI=1S/C25H31N3O4/c1-4-32-23-10-6-9-20(24(23)30)22-16-21(18-7-5-8-19(15-18)31-3)26-25(27-22)11-13-28(14-12-25)17(2)29/h5-10,15,22,27,30H,4,11-14,16H2,1-3H3. The van der Waals surface area contributed by atoms with E-state index >= 15 is 0 Å². The number of hydrogen-bond donors (Lipinski definition) is 2. The molecule has 7 nitrogen and oxygen atoms in total. The molecule has 1 spiro atoms. The first kappa shape index (κ1) is 22.1. The first-order valence-electron chi connectivity index (χ1n) is 11.2. The molecule has 1 atom stereocenters. The molecule has 0 aromatic heterocycles. The number of piperidine rings is 1. The van der Waals surface area contributed by atoms with Gasteiger partial charge in [-0.2, -0.15) is 0 Å². The number of carbonyl (C=O) groups is 1. The Kier molecular flexibility index (Phi) is 6.37. The van der Waals surface area contributed by atoms with E-state index in [2.05, 4.69) is 5.32 Å². The molecule has 1 saturated heterocycles. The first-order chi connectivity index (χ1) is 15.4. The van der Waals surface area contributed by atoms with E-state index in [0.717, 1.165) is 22.6 Å². The molecule has 0 saturated carbocycles. The third-order valence-corrected chi connectivity index (χ3v) is 6.33. The second-order valence-electron chi connectivity index (χ2n) is 8.36. The van der Waals surface area contributed by atoms with E-state index in [1.54, 1.807) is 20.1 Å². The van der Waals surface area contributed by atoms with Gasteiger partial charge in [-0.3, -0.25) is 15.1 Å². The van der Waals surface area contributed by atoms with Crippen molar-refractivity contribution in [2.75, 3.05) is 26.8 Å². The van der Waals surface area contributed by atoms with E-state index in [0.29, 0.717) is 44.7 Å². The molecule has 0 radical (unpaired) electrons. The second kappa shape index (κ2) is 9.20. The summed E-state index contributed by atoms with van der Waals surface area (Å²) in [5.41, 5.74) is 2.26. The number of likely N-dealkylation sites (tertiary alicyclic amines) is 1. The molecule has 0 bridgehead atoms. The quantitative estimate of drug-likeness (QED) is 0.746. The van der Waals surface area contributed by atoms with Gasteiger partial charge in [0.2, 0.25) is 5.91 Å². The average Bonchev–Trinajstić information content (AvgIpc) is 2.80. The number of methoxy groups -OCH3 is 1. The van der Waals surface area contributed by atoms with E-state index in [-0.39, 0.29) is 17.7 Å². The van der Waals surface area contributed by atoms with Crippen molar-refractivity contribution in [3.05, 3.63) is 53.6 Å². The third-order valence-electron chi connectivity index (χ3n) is 6.33. The van der Waals surface area contributed by atoms with Gasteiger partial charge in [-0.05, 0) is 30.7 Å². The van der Waals surface area contributed by atoms with Crippen molar-refractivity contribution in [1.29, 1.82) is 0 Å². The second-order valence-corrected chi connectivity index (χ2v) is 8.36. The Bertz CT molecular complexity index is 1010. The fourth-order valence-corrected chi connectivity index (χ4v) is 4.62. The lowest BCUT2D eigenvalue weighted by atomic mass is 9.87. The molecule has 2 aromatic carbocycles. The lowest BCUT2D eigenvalue weighted by molar-refractivity contribution is -0.130. The van der Waals surface area contributed by atoms with E-state index in [1.807, 2.05) is 48.2 Å². The summed E-state index contributed by atoms with van der Waals surface area (Å²) < 4.78 is 11.0. The van der Waals surface area contributed by atoms with Crippen molar-refractivity contribution in [3.63, 3.8) is 0 Å². The van der Waals surface area contributed by atoms with Gasteiger partial charge in [0, 0.05) is 56.6 Å². The van der Waals surface area contributed by atoms with E-state index in [9.17, 15) is 9.90 Å². The first-order valence-corrected chi connectivity index (χ1v) is 11.2. The number of hydrogen-bond acceptors (Lipinski definition) is 6. The van der Waals surface area contributed by atoms with Crippen LogP contribution >= 0.6 is 0 Å². The number of nitrogens with zero attached hydrogens (tertiary/aromatic N) is 2. The van der Waals surface area contributed by atoms with E-state index in [4.69, 9.17) is 14.5 Å². The number of amides is 1. The smallest absolute Gasteiger partial charge is 0.219 e. The van der Waals surface area contributed by atoms with Crippen LogP contribution in [0.25, 0.3) is 0 Å². The molecule has 2 N–H and O–H groups in total. The molecule has 2 aliphatic rings. The summed E-state index contributed by atoms with van der Waals surface area (Å²) in [6, 6.07) is 13.4. The van der Waals surface area contributed by atoms with Gasteiger partial charge in [-0.1, -0.05) is 24.3 Å².